The fourth-order valence-corrected chi connectivity index (χ4v) is 4.12. The van der Waals surface area contributed by atoms with Crippen molar-refractivity contribution in [3.63, 3.8) is 0 Å². The SMILES string of the molecule is CC1CCN(C(=O)c2ccc3c(c2)NC(=O)C2CCCCN32)CC1. The topological polar surface area (TPSA) is 52.7 Å². The van der Waals surface area contributed by atoms with Gasteiger partial charge in [-0.3, -0.25) is 9.59 Å². The van der Waals surface area contributed by atoms with E-state index in [1.165, 1.54) is 0 Å². The Labute approximate surface area is 143 Å². The molecular formula is C19H25N3O2. The lowest BCUT2D eigenvalue weighted by Crippen LogP contribution is -2.50. The minimum Gasteiger partial charge on any atom is -0.358 e. The number of fused-ring (bicyclic) bond motifs is 3. The van der Waals surface area contributed by atoms with Gasteiger partial charge in [-0.05, 0) is 56.2 Å². The van der Waals surface area contributed by atoms with Crippen LogP contribution in [0.2, 0.25) is 0 Å². The Balaban J connectivity index is 1.58. The molecule has 1 N–H and O–H groups in total. The molecule has 1 unspecified atom stereocenters. The molecule has 0 bridgehead atoms. The normalized spacial score (nSPS) is 24.2. The molecule has 3 aliphatic rings. The van der Waals surface area contributed by atoms with Crippen molar-refractivity contribution < 1.29 is 9.59 Å². The molecule has 2 amide bonds. The first kappa shape index (κ1) is 15.5. The summed E-state index contributed by atoms with van der Waals surface area (Å²) < 4.78 is 0. The van der Waals surface area contributed by atoms with E-state index in [0.717, 1.165) is 63.1 Å². The van der Waals surface area contributed by atoms with Gasteiger partial charge in [0.1, 0.15) is 6.04 Å². The third kappa shape index (κ3) is 2.66. The van der Waals surface area contributed by atoms with Gasteiger partial charge in [0.05, 0.1) is 11.4 Å². The van der Waals surface area contributed by atoms with E-state index < -0.39 is 0 Å². The zero-order valence-electron chi connectivity index (χ0n) is 14.3. The number of piperidine rings is 2. The van der Waals surface area contributed by atoms with E-state index >= 15 is 0 Å². The third-order valence-electron chi connectivity index (χ3n) is 5.69. The Morgan fingerprint density at radius 3 is 2.71 bits per heavy atom. The first-order valence-corrected chi connectivity index (χ1v) is 9.14. The number of nitrogens with one attached hydrogen (secondary N) is 1. The lowest BCUT2D eigenvalue weighted by molar-refractivity contribution is -0.118. The van der Waals surface area contributed by atoms with E-state index in [0.29, 0.717) is 11.5 Å². The fraction of sp³-hybridized carbons (Fsp3) is 0.579. The van der Waals surface area contributed by atoms with Crippen LogP contribution in [0.25, 0.3) is 0 Å². The van der Waals surface area contributed by atoms with Crippen LogP contribution in [-0.4, -0.2) is 42.4 Å². The molecule has 5 nitrogen and oxygen atoms in total. The summed E-state index contributed by atoms with van der Waals surface area (Å²) in [6.07, 6.45) is 5.29. The van der Waals surface area contributed by atoms with Crippen LogP contribution in [0, 0.1) is 5.92 Å². The number of nitrogens with zero attached hydrogens (tertiary/aromatic N) is 2. The van der Waals surface area contributed by atoms with Crippen molar-refractivity contribution in [2.45, 2.75) is 45.1 Å². The lowest BCUT2D eigenvalue weighted by atomic mass is 9.96. The highest BCUT2D eigenvalue weighted by molar-refractivity contribution is 6.05. The molecule has 5 heteroatoms. The molecule has 3 aliphatic heterocycles. The highest BCUT2D eigenvalue weighted by Gasteiger charge is 2.35. The van der Waals surface area contributed by atoms with Gasteiger partial charge in [-0.15, -0.1) is 0 Å². The number of hydrogen-bond acceptors (Lipinski definition) is 3. The molecule has 0 aliphatic carbocycles. The Hall–Kier alpha value is -2.04. The molecule has 0 spiro atoms. The molecule has 1 atom stereocenters. The van der Waals surface area contributed by atoms with E-state index in [1.807, 2.05) is 23.1 Å². The molecule has 0 aromatic heterocycles. The summed E-state index contributed by atoms with van der Waals surface area (Å²) >= 11 is 0. The van der Waals surface area contributed by atoms with Gasteiger partial charge in [-0.1, -0.05) is 6.92 Å². The van der Waals surface area contributed by atoms with E-state index in [2.05, 4.69) is 17.1 Å². The van der Waals surface area contributed by atoms with Gasteiger partial charge in [0, 0.05) is 25.2 Å². The van der Waals surface area contributed by atoms with Crippen LogP contribution in [0.1, 0.15) is 49.4 Å². The second-order valence-corrected chi connectivity index (χ2v) is 7.40. The molecule has 0 radical (unpaired) electrons. The van der Waals surface area contributed by atoms with Crippen molar-refractivity contribution in [2.75, 3.05) is 29.9 Å². The molecule has 1 aromatic rings. The summed E-state index contributed by atoms with van der Waals surface area (Å²) in [7, 11) is 0. The van der Waals surface area contributed by atoms with Crippen LogP contribution in [0.4, 0.5) is 11.4 Å². The molecule has 0 saturated carbocycles. The van der Waals surface area contributed by atoms with Crippen LogP contribution in [0.5, 0.6) is 0 Å². The number of benzene rings is 1. The standard InChI is InChI=1S/C19H25N3O2/c1-13-7-10-21(11-8-13)19(24)14-5-6-16-15(12-14)20-18(23)17-4-2-3-9-22(16)17/h5-6,12-13,17H,2-4,7-11H2,1H3,(H,20,23). The van der Waals surface area contributed by atoms with Crippen molar-refractivity contribution in [3.05, 3.63) is 23.8 Å². The van der Waals surface area contributed by atoms with Gasteiger partial charge in [0.2, 0.25) is 5.91 Å². The molecule has 2 saturated heterocycles. The number of carbonyl (C=O) groups excluding carboxylic acids is 2. The van der Waals surface area contributed by atoms with Crippen molar-refractivity contribution in [2.24, 2.45) is 5.92 Å². The average molecular weight is 327 g/mol. The van der Waals surface area contributed by atoms with E-state index in [4.69, 9.17) is 0 Å². The minimum atomic E-state index is -0.0450. The molecule has 4 rings (SSSR count). The fourth-order valence-electron chi connectivity index (χ4n) is 4.12. The third-order valence-corrected chi connectivity index (χ3v) is 5.69. The van der Waals surface area contributed by atoms with Gasteiger partial charge < -0.3 is 15.1 Å². The maximum Gasteiger partial charge on any atom is 0.253 e. The van der Waals surface area contributed by atoms with Crippen LogP contribution >= 0.6 is 0 Å². The molecular weight excluding hydrogens is 302 g/mol. The zero-order chi connectivity index (χ0) is 16.7. The summed E-state index contributed by atoms with van der Waals surface area (Å²) in [5, 5.41) is 3.01. The Morgan fingerprint density at radius 1 is 1.12 bits per heavy atom. The van der Waals surface area contributed by atoms with Crippen molar-refractivity contribution in [1.82, 2.24) is 4.90 Å². The van der Waals surface area contributed by atoms with Gasteiger partial charge in [-0.2, -0.15) is 0 Å². The maximum absolute atomic E-state index is 12.8. The maximum atomic E-state index is 12.8. The van der Waals surface area contributed by atoms with Crippen molar-refractivity contribution in [3.8, 4) is 0 Å². The second kappa shape index (κ2) is 6.11. The molecule has 128 valence electrons. The predicted octanol–water partition coefficient (Wildman–Crippen LogP) is 2.87. The number of amides is 2. The first-order chi connectivity index (χ1) is 11.6. The quantitative estimate of drug-likeness (QED) is 0.863. The monoisotopic (exact) mass is 327 g/mol. The Bertz CT molecular complexity index is 665. The summed E-state index contributed by atoms with van der Waals surface area (Å²) in [6, 6.07) is 5.74. The van der Waals surface area contributed by atoms with E-state index in [1.54, 1.807) is 0 Å². The number of hydrogen-bond donors (Lipinski definition) is 1. The van der Waals surface area contributed by atoms with Gasteiger partial charge in [0.15, 0.2) is 0 Å². The Kier molecular flexibility index (Phi) is 3.94. The summed E-state index contributed by atoms with van der Waals surface area (Å²) in [6.45, 7) is 4.82. The second-order valence-electron chi connectivity index (χ2n) is 7.40. The molecule has 2 fully saturated rings. The summed E-state index contributed by atoms with van der Waals surface area (Å²) in [5.74, 6) is 0.853. The first-order valence-electron chi connectivity index (χ1n) is 9.14. The molecule has 1 aromatic carbocycles. The van der Waals surface area contributed by atoms with Crippen LogP contribution in [0.3, 0.4) is 0 Å². The summed E-state index contributed by atoms with van der Waals surface area (Å²) in [5.41, 5.74) is 2.52. The molecule has 3 heterocycles. The predicted molar refractivity (Wildman–Crippen MR) is 94.4 cm³/mol. The number of carbonyl (C=O) groups is 2. The van der Waals surface area contributed by atoms with Crippen LogP contribution in [0.15, 0.2) is 18.2 Å². The van der Waals surface area contributed by atoms with E-state index in [9.17, 15) is 9.59 Å². The zero-order valence-corrected chi connectivity index (χ0v) is 14.3. The van der Waals surface area contributed by atoms with E-state index in [-0.39, 0.29) is 17.9 Å². The average Bonchev–Trinajstić information content (AvgIpc) is 2.61. The highest BCUT2D eigenvalue weighted by Crippen LogP contribution is 2.36. The highest BCUT2D eigenvalue weighted by atomic mass is 16.2. The van der Waals surface area contributed by atoms with Crippen LogP contribution in [-0.2, 0) is 4.79 Å². The van der Waals surface area contributed by atoms with Crippen molar-refractivity contribution >= 4 is 23.2 Å². The largest absolute Gasteiger partial charge is 0.358 e. The summed E-state index contributed by atoms with van der Waals surface area (Å²) in [4.78, 5) is 29.3. The van der Waals surface area contributed by atoms with Crippen LogP contribution < -0.4 is 10.2 Å². The van der Waals surface area contributed by atoms with Gasteiger partial charge >= 0.3 is 0 Å². The van der Waals surface area contributed by atoms with Crippen molar-refractivity contribution in [1.29, 1.82) is 0 Å². The lowest BCUT2D eigenvalue weighted by Gasteiger charge is -2.41. The van der Waals surface area contributed by atoms with Gasteiger partial charge in [0.25, 0.3) is 5.91 Å². The number of likely N-dealkylation sites (tertiary alicyclic amines) is 1. The van der Waals surface area contributed by atoms with Gasteiger partial charge in [-0.25, -0.2) is 0 Å². The Morgan fingerprint density at radius 2 is 1.92 bits per heavy atom. The molecule has 24 heavy (non-hydrogen) atoms. The number of rotatable bonds is 1. The smallest absolute Gasteiger partial charge is 0.253 e. The number of anilines is 2. The minimum absolute atomic E-state index is 0.0450.